The molecule has 0 N–H and O–H groups in total. The molecule has 0 aromatic heterocycles. The van der Waals surface area contributed by atoms with Gasteiger partial charge in [-0.25, -0.2) is 0 Å². The second-order valence-electron chi connectivity index (χ2n) is 2.61. The minimum atomic E-state index is 1.16. The lowest BCUT2D eigenvalue weighted by molar-refractivity contribution is 1.40. The average Bonchev–Trinajstić information content (AvgIpc) is 2.71. The minimum Gasteiger partial charge on any atom is -0.0573 e. The van der Waals surface area contributed by atoms with E-state index < -0.39 is 0 Å². The lowest BCUT2D eigenvalue weighted by Gasteiger charge is -1.94. The van der Waals surface area contributed by atoms with E-state index in [1.165, 1.54) is 18.4 Å². The van der Waals surface area contributed by atoms with Crippen LogP contribution in [0.15, 0.2) is 28.7 Å². The van der Waals surface area contributed by atoms with Crippen LogP contribution in [-0.2, 0) is 0 Å². The fraction of sp³-hybridized carbons (Fsp3) is 0.222. The van der Waals surface area contributed by atoms with Crippen LogP contribution in [0.5, 0.6) is 0 Å². The second kappa shape index (κ2) is 2.39. The molecule has 0 saturated heterocycles. The molecule has 1 aromatic carbocycles. The maximum absolute atomic E-state index is 3.41. The summed E-state index contributed by atoms with van der Waals surface area (Å²) in [6, 6.07) is 8.54. The Labute approximate surface area is 69.4 Å². The van der Waals surface area contributed by atoms with Crippen LogP contribution in [0.4, 0.5) is 0 Å². The average molecular weight is 196 g/mol. The van der Waals surface area contributed by atoms with Gasteiger partial charge in [-0.05, 0) is 30.5 Å². The van der Waals surface area contributed by atoms with Gasteiger partial charge in [0, 0.05) is 10.4 Å². The normalized spacial score (nSPS) is 17.3. The molecule has 0 amide bonds. The summed E-state index contributed by atoms with van der Waals surface area (Å²) in [6.07, 6.45) is 2.61. The first-order chi connectivity index (χ1) is 4.86. The molecule has 0 aliphatic heterocycles. The van der Waals surface area contributed by atoms with Crippen LogP contribution in [0, 0.1) is 5.92 Å². The van der Waals surface area contributed by atoms with Crippen molar-refractivity contribution in [3.63, 3.8) is 0 Å². The monoisotopic (exact) mass is 195 g/mol. The van der Waals surface area contributed by atoms with Crippen LogP contribution in [0.1, 0.15) is 18.4 Å². The maximum Gasteiger partial charge on any atom is 0.0175 e. The lowest BCUT2D eigenvalue weighted by Crippen LogP contribution is -1.76. The maximum atomic E-state index is 3.41. The predicted molar refractivity (Wildman–Crippen MR) is 45.7 cm³/mol. The van der Waals surface area contributed by atoms with E-state index in [1.807, 2.05) is 0 Å². The predicted octanol–water partition coefficient (Wildman–Crippen LogP) is 3.17. The highest BCUT2D eigenvalue weighted by Crippen LogP contribution is 2.38. The van der Waals surface area contributed by atoms with Crippen molar-refractivity contribution < 1.29 is 0 Å². The molecule has 1 radical (unpaired) electrons. The van der Waals surface area contributed by atoms with Crippen molar-refractivity contribution in [1.82, 2.24) is 0 Å². The Bertz CT molecular complexity index is 221. The molecule has 0 atom stereocenters. The molecule has 1 saturated carbocycles. The molecule has 1 fully saturated rings. The number of hydrogen-bond acceptors (Lipinski definition) is 0. The standard InChI is InChI=1S/C9H8Br/c10-9-5-3-8(4-6-9)7-1-2-7/h3-6H,1-2H2. The van der Waals surface area contributed by atoms with Crippen molar-refractivity contribution in [2.45, 2.75) is 12.8 Å². The van der Waals surface area contributed by atoms with E-state index in [0.717, 1.165) is 4.47 Å². The van der Waals surface area contributed by atoms with E-state index >= 15 is 0 Å². The zero-order valence-corrected chi connectivity index (χ0v) is 7.19. The summed E-state index contributed by atoms with van der Waals surface area (Å²) in [6.45, 7) is 0. The van der Waals surface area contributed by atoms with E-state index in [1.54, 1.807) is 5.92 Å². The summed E-state index contributed by atoms with van der Waals surface area (Å²) < 4.78 is 1.16. The van der Waals surface area contributed by atoms with Gasteiger partial charge >= 0.3 is 0 Å². The number of hydrogen-bond donors (Lipinski definition) is 0. The molecule has 1 heteroatoms. The van der Waals surface area contributed by atoms with Crippen molar-refractivity contribution >= 4 is 15.9 Å². The minimum absolute atomic E-state index is 1.16. The summed E-state index contributed by atoms with van der Waals surface area (Å²) in [5.41, 5.74) is 1.42. The zero-order chi connectivity index (χ0) is 6.97. The highest BCUT2D eigenvalue weighted by Gasteiger charge is 2.23. The number of halogens is 1. The molecule has 0 bridgehead atoms. The Morgan fingerprint density at radius 1 is 1.00 bits per heavy atom. The van der Waals surface area contributed by atoms with Crippen LogP contribution in [0.2, 0.25) is 0 Å². The smallest absolute Gasteiger partial charge is 0.0175 e. The molecule has 10 heavy (non-hydrogen) atoms. The Hall–Kier alpha value is -0.300. The molecule has 1 aliphatic carbocycles. The van der Waals surface area contributed by atoms with Crippen molar-refractivity contribution in [2.75, 3.05) is 0 Å². The van der Waals surface area contributed by atoms with Gasteiger partial charge in [0.25, 0.3) is 0 Å². The summed E-state index contributed by atoms with van der Waals surface area (Å²) in [5.74, 6) is 1.60. The van der Waals surface area contributed by atoms with Gasteiger partial charge < -0.3 is 0 Å². The van der Waals surface area contributed by atoms with Crippen molar-refractivity contribution in [3.05, 3.63) is 40.2 Å². The third-order valence-corrected chi connectivity index (χ3v) is 2.28. The fourth-order valence-corrected chi connectivity index (χ4v) is 1.30. The van der Waals surface area contributed by atoms with E-state index in [4.69, 9.17) is 0 Å². The molecule has 0 heterocycles. The highest BCUT2D eigenvalue weighted by atomic mass is 79.9. The Balaban J connectivity index is 2.28. The van der Waals surface area contributed by atoms with E-state index in [9.17, 15) is 0 Å². The molecular formula is C9H8Br. The molecule has 0 unspecified atom stereocenters. The zero-order valence-electron chi connectivity index (χ0n) is 5.60. The van der Waals surface area contributed by atoms with Crippen LogP contribution < -0.4 is 0 Å². The third kappa shape index (κ3) is 1.24. The Morgan fingerprint density at radius 3 is 2.10 bits per heavy atom. The summed E-state index contributed by atoms with van der Waals surface area (Å²) in [7, 11) is 0. The quantitative estimate of drug-likeness (QED) is 0.647. The van der Waals surface area contributed by atoms with Crippen molar-refractivity contribution in [1.29, 1.82) is 0 Å². The molecule has 2 rings (SSSR count). The van der Waals surface area contributed by atoms with E-state index in [-0.39, 0.29) is 0 Å². The van der Waals surface area contributed by atoms with Gasteiger partial charge in [-0.15, -0.1) is 0 Å². The van der Waals surface area contributed by atoms with Gasteiger partial charge in [-0.3, -0.25) is 0 Å². The van der Waals surface area contributed by atoms with Crippen LogP contribution in [0.25, 0.3) is 0 Å². The van der Waals surface area contributed by atoms with Gasteiger partial charge in [0.1, 0.15) is 0 Å². The van der Waals surface area contributed by atoms with Crippen molar-refractivity contribution in [3.8, 4) is 0 Å². The molecular weight excluding hydrogens is 188 g/mol. The van der Waals surface area contributed by atoms with Gasteiger partial charge in [0.15, 0.2) is 0 Å². The van der Waals surface area contributed by atoms with Gasteiger partial charge in [-0.1, -0.05) is 28.1 Å². The third-order valence-electron chi connectivity index (χ3n) is 1.75. The first kappa shape index (κ1) is 6.41. The molecule has 1 aromatic rings. The number of benzene rings is 1. The fourth-order valence-electron chi connectivity index (χ4n) is 1.04. The molecule has 51 valence electrons. The topological polar surface area (TPSA) is 0 Å². The first-order valence-corrected chi connectivity index (χ1v) is 4.26. The largest absolute Gasteiger partial charge is 0.0573 e. The van der Waals surface area contributed by atoms with Gasteiger partial charge in [-0.2, -0.15) is 0 Å². The molecule has 1 aliphatic rings. The SMILES string of the molecule is Brc1ccc([C]2CC2)cc1. The Kier molecular flexibility index (Phi) is 1.53. The van der Waals surface area contributed by atoms with Crippen molar-refractivity contribution in [2.24, 2.45) is 0 Å². The van der Waals surface area contributed by atoms with Gasteiger partial charge in [0.2, 0.25) is 0 Å². The second-order valence-corrected chi connectivity index (χ2v) is 3.53. The molecule has 0 nitrogen and oxygen atoms in total. The highest BCUT2D eigenvalue weighted by molar-refractivity contribution is 9.10. The van der Waals surface area contributed by atoms with Crippen LogP contribution >= 0.6 is 15.9 Å². The van der Waals surface area contributed by atoms with Gasteiger partial charge in [0.05, 0.1) is 0 Å². The van der Waals surface area contributed by atoms with E-state index in [0.29, 0.717) is 0 Å². The molecule has 0 spiro atoms. The summed E-state index contributed by atoms with van der Waals surface area (Å²) >= 11 is 3.41. The summed E-state index contributed by atoms with van der Waals surface area (Å²) in [4.78, 5) is 0. The van der Waals surface area contributed by atoms with Crippen LogP contribution in [-0.4, -0.2) is 0 Å². The lowest BCUT2D eigenvalue weighted by atomic mass is 10.1. The number of rotatable bonds is 1. The Morgan fingerprint density at radius 2 is 1.60 bits per heavy atom. The summed E-state index contributed by atoms with van der Waals surface area (Å²) in [5, 5.41) is 0. The first-order valence-electron chi connectivity index (χ1n) is 3.47. The van der Waals surface area contributed by atoms with E-state index in [2.05, 4.69) is 40.2 Å². The van der Waals surface area contributed by atoms with Crippen LogP contribution in [0.3, 0.4) is 0 Å².